The number of hydrogen-bond donors (Lipinski definition) is 0. The molecule has 2 nitrogen and oxygen atoms in total. The van der Waals surface area contributed by atoms with E-state index in [1.807, 2.05) is 29.5 Å². The third kappa shape index (κ3) is 5.88. The fourth-order valence-electron chi connectivity index (χ4n) is 10.7. The lowest BCUT2D eigenvalue weighted by Crippen LogP contribution is -2.17. The van der Waals surface area contributed by atoms with Crippen LogP contribution < -0.4 is 10.4 Å². The molecular weight excluding hydrogens is 793 g/mol. The van der Waals surface area contributed by atoms with Gasteiger partial charge in [-0.15, -0.1) is 11.3 Å². The number of fused-ring (bicyclic) bond motifs is 10. The van der Waals surface area contributed by atoms with Crippen molar-refractivity contribution < 1.29 is 8.42 Å². The molecule has 7 aromatic rings. The molecule has 0 bridgehead atoms. The third-order valence-corrected chi connectivity index (χ3v) is 17.0. The summed E-state index contributed by atoms with van der Waals surface area (Å²) in [5.41, 5.74) is 17.9. The Balaban J connectivity index is 1.38. The molecule has 0 atom stereocenters. The average Bonchev–Trinajstić information content (AvgIpc) is 3.92. The van der Waals surface area contributed by atoms with E-state index in [-0.39, 0.29) is 11.8 Å². The summed E-state index contributed by atoms with van der Waals surface area (Å²) in [6.07, 6.45) is 0. The minimum absolute atomic E-state index is 0.192. The minimum Gasteiger partial charge on any atom is -0.218 e. The molecule has 2 heterocycles. The van der Waals surface area contributed by atoms with Crippen molar-refractivity contribution in [3.05, 3.63) is 173 Å². The first-order valence-corrected chi connectivity index (χ1v) is 25.1. The highest BCUT2D eigenvalue weighted by Gasteiger charge is 2.44. The first kappa shape index (κ1) is 41.0. The van der Waals surface area contributed by atoms with Gasteiger partial charge in [0.2, 0.25) is 9.84 Å². The van der Waals surface area contributed by atoms with E-state index >= 15 is 8.42 Å². The highest BCUT2D eigenvalue weighted by atomic mass is 32.2. The van der Waals surface area contributed by atoms with Gasteiger partial charge >= 0.3 is 0 Å². The molecule has 1 aliphatic heterocycles. The fourth-order valence-corrected chi connectivity index (χ4v) is 13.9. The van der Waals surface area contributed by atoms with Crippen LogP contribution in [0.5, 0.6) is 0 Å². The van der Waals surface area contributed by atoms with Crippen molar-refractivity contribution >= 4 is 58.8 Å². The maximum absolute atomic E-state index is 15.1. The minimum atomic E-state index is -3.83. The summed E-state index contributed by atoms with van der Waals surface area (Å²) in [5, 5.41) is 5.86. The Morgan fingerprint density at radius 3 is 1.44 bits per heavy atom. The Morgan fingerprint density at radius 1 is 0.435 bits per heavy atom. The van der Waals surface area contributed by atoms with E-state index < -0.39 is 9.84 Å². The molecule has 0 saturated heterocycles. The second kappa shape index (κ2) is 14.5. The van der Waals surface area contributed by atoms with Crippen molar-refractivity contribution in [1.82, 2.24) is 0 Å². The van der Waals surface area contributed by atoms with Crippen LogP contribution in [0, 0.1) is 0 Å². The number of benzene rings is 6. The van der Waals surface area contributed by atoms with E-state index in [4.69, 9.17) is 0 Å². The van der Waals surface area contributed by atoms with Crippen molar-refractivity contribution in [2.45, 2.75) is 123 Å². The molecule has 6 aromatic carbocycles. The highest BCUT2D eigenvalue weighted by molar-refractivity contribution is 7.96. The Kier molecular flexibility index (Phi) is 9.60. The van der Waals surface area contributed by atoms with Crippen molar-refractivity contribution in [2.75, 3.05) is 0 Å². The van der Waals surface area contributed by atoms with Crippen LogP contribution in [0.4, 0.5) is 0 Å². The first-order valence-electron chi connectivity index (χ1n) is 22.8. The van der Waals surface area contributed by atoms with Gasteiger partial charge in [0.05, 0.1) is 9.80 Å². The molecule has 3 aliphatic rings. The van der Waals surface area contributed by atoms with Crippen LogP contribution in [-0.2, 0) is 9.84 Å². The summed E-state index contributed by atoms with van der Waals surface area (Å²) >= 11 is 1.92. The van der Waals surface area contributed by atoms with Gasteiger partial charge in [0.25, 0.3) is 0 Å². The van der Waals surface area contributed by atoms with Crippen LogP contribution in [-0.4, -0.2) is 8.42 Å². The lowest BCUT2D eigenvalue weighted by molar-refractivity contribution is 0.604. The molecule has 314 valence electrons. The van der Waals surface area contributed by atoms with E-state index in [2.05, 4.69) is 156 Å². The molecule has 0 fully saturated rings. The quantitative estimate of drug-likeness (QED) is 0.153. The summed E-state index contributed by atoms with van der Waals surface area (Å²) in [7, 11) is -3.83. The van der Waals surface area contributed by atoms with Crippen LogP contribution in [0.2, 0.25) is 0 Å². The number of allylic oxidation sites excluding steroid dienone is 1. The van der Waals surface area contributed by atoms with Gasteiger partial charge < -0.3 is 0 Å². The summed E-state index contributed by atoms with van der Waals surface area (Å²) in [6.45, 7) is 27.5. The summed E-state index contributed by atoms with van der Waals surface area (Å²) in [6, 6.07) is 35.8. The lowest BCUT2D eigenvalue weighted by atomic mass is 9.81. The molecule has 62 heavy (non-hydrogen) atoms. The third-order valence-electron chi connectivity index (χ3n) is 13.9. The van der Waals surface area contributed by atoms with Crippen LogP contribution in [0.25, 0.3) is 48.7 Å². The fraction of sp³-hybridized carbons (Fsp3) is 0.310. The Morgan fingerprint density at radius 2 is 0.903 bits per heavy atom. The monoisotopic (exact) mass is 850 g/mol. The second-order valence-corrected chi connectivity index (χ2v) is 22.9. The van der Waals surface area contributed by atoms with E-state index in [1.165, 1.54) is 75.8 Å². The van der Waals surface area contributed by atoms with Gasteiger partial charge in [-0.2, -0.15) is 0 Å². The van der Waals surface area contributed by atoms with Gasteiger partial charge in [-0.05, 0) is 149 Å². The van der Waals surface area contributed by atoms with Gasteiger partial charge in [0, 0.05) is 42.8 Å². The predicted molar refractivity (Wildman–Crippen MR) is 265 cm³/mol. The topological polar surface area (TPSA) is 34.1 Å². The lowest BCUT2D eigenvalue weighted by Gasteiger charge is -2.25. The largest absolute Gasteiger partial charge is 0.218 e. The zero-order valence-corrected chi connectivity index (χ0v) is 40.0. The van der Waals surface area contributed by atoms with Crippen molar-refractivity contribution in [3.63, 3.8) is 0 Å². The van der Waals surface area contributed by atoms with E-state index in [1.54, 1.807) is 6.07 Å². The van der Waals surface area contributed by atoms with E-state index in [0.717, 1.165) is 43.8 Å². The number of rotatable bonds is 8. The SMILES string of the molecule is CC(C)c1cc(C(C)C)c(C2=c3cc4cc5c(cc4cc3C3=C2S(=O)(=O)c2ccccc23)=C(c2c(C(C)C)cc(C(C)C)cc2C(C)C)c2sc3ccccc3c2-5)c(C(C)C)c1. The molecule has 0 spiro atoms. The van der Waals surface area contributed by atoms with E-state index in [9.17, 15) is 0 Å². The molecule has 2 aliphatic carbocycles. The zero-order chi connectivity index (χ0) is 43.8. The molecule has 4 heteroatoms. The van der Waals surface area contributed by atoms with Crippen LogP contribution in [0.15, 0.2) is 107 Å². The highest BCUT2D eigenvalue weighted by Crippen LogP contribution is 2.53. The smallest absolute Gasteiger partial charge is 0.208 e. The van der Waals surface area contributed by atoms with E-state index in [0.29, 0.717) is 33.5 Å². The van der Waals surface area contributed by atoms with Crippen LogP contribution in [0.1, 0.15) is 179 Å². The van der Waals surface area contributed by atoms with Crippen LogP contribution in [0.3, 0.4) is 0 Å². The molecule has 0 N–H and O–H groups in total. The second-order valence-electron chi connectivity index (χ2n) is 20.0. The van der Waals surface area contributed by atoms with Gasteiger partial charge in [-0.25, -0.2) is 8.42 Å². The first-order chi connectivity index (χ1) is 29.5. The standard InChI is InChI=1S/C58H58O2S2/c1-29(2)35-21-41(31(5)6)51(42(22-35)32(7)8)55-47-27-38-26-46-48(28-37(38)25-45(47)53-39-17-13-15-19-49(39)61-57(53)55)56(58-54(46)40-18-14-16-20-50(40)62(58,59)60)52-43(33(9)10)23-36(30(3)4)24-44(52)34(11)12/h13-34H,1-12H3. The number of sulfone groups is 1. The molecule has 0 saturated carbocycles. The molecular formula is C58H58O2S2. The molecule has 0 radical (unpaired) electrons. The molecule has 1 aromatic heterocycles. The Labute approximate surface area is 372 Å². The van der Waals surface area contributed by atoms with Gasteiger partial charge in [0.1, 0.15) is 0 Å². The van der Waals surface area contributed by atoms with Crippen molar-refractivity contribution in [3.8, 4) is 11.1 Å². The van der Waals surface area contributed by atoms with Gasteiger partial charge in [-0.3, -0.25) is 0 Å². The Bertz CT molecular complexity index is 3300. The summed E-state index contributed by atoms with van der Waals surface area (Å²) < 4.78 is 31.5. The number of thiophene rings is 1. The molecule has 0 unspecified atom stereocenters. The zero-order valence-electron chi connectivity index (χ0n) is 38.3. The average molecular weight is 851 g/mol. The summed E-state index contributed by atoms with van der Waals surface area (Å²) in [4.78, 5) is 2.24. The number of hydrogen-bond acceptors (Lipinski definition) is 3. The molecule has 0 amide bonds. The maximum atomic E-state index is 15.1. The van der Waals surface area contributed by atoms with Gasteiger partial charge in [-0.1, -0.05) is 144 Å². The van der Waals surface area contributed by atoms with Crippen molar-refractivity contribution in [1.29, 1.82) is 0 Å². The van der Waals surface area contributed by atoms with Crippen molar-refractivity contribution in [2.24, 2.45) is 0 Å². The maximum Gasteiger partial charge on any atom is 0.208 e. The Hall–Kier alpha value is -5.03. The predicted octanol–water partition coefficient (Wildman–Crippen LogP) is 14.8. The van der Waals surface area contributed by atoms with Gasteiger partial charge in [0.15, 0.2) is 0 Å². The normalized spacial score (nSPS) is 15.1. The van der Waals surface area contributed by atoms with Crippen LogP contribution >= 0.6 is 11.3 Å². The molecule has 10 rings (SSSR count). The summed E-state index contributed by atoms with van der Waals surface area (Å²) in [5.74, 6) is 1.83.